The van der Waals surface area contributed by atoms with E-state index in [0.29, 0.717) is 12.0 Å². The molecule has 0 aliphatic heterocycles. The van der Waals surface area contributed by atoms with Gasteiger partial charge in [-0.1, -0.05) is 25.2 Å². The highest BCUT2D eigenvalue weighted by atomic mass is 16.4. The van der Waals surface area contributed by atoms with Gasteiger partial charge in [-0.25, -0.2) is 4.79 Å². The van der Waals surface area contributed by atoms with Crippen LogP contribution in [0.3, 0.4) is 0 Å². The molecule has 1 aliphatic rings. The Morgan fingerprint density at radius 1 is 1.69 bits per heavy atom. The molecule has 0 bridgehead atoms. The lowest BCUT2D eigenvalue weighted by Crippen LogP contribution is -2.40. The SMILES string of the molecule is CCC(O)(C(=O)O)C1=CC=CCC1. The number of hydrogen-bond donors (Lipinski definition) is 2. The molecule has 0 spiro atoms. The van der Waals surface area contributed by atoms with Gasteiger partial charge < -0.3 is 10.2 Å². The first-order chi connectivity index (χ1) is 6.11. The zero-order chi connectivity index (χ0) is 9.90. The Morgan fingerprint density at radius 2 is 2.38 bits per heavy atom. The average molecular weight is 182 g/mol. The topological polar surface area (TPSA) is 57.5 Å². The van der Waals surface area contributed by atoms with E-state index in [1.165, 1.54) is 0 Å². The third kappa shape index (κ3) is 1.80. The fraction of sp³-hybridized carbons (Fsp3) is 0.500. The maximum atomic E-state index is 10.8. The summed E-state index contributed by atoms with van der Waals surface area (Å²) in [6.07, 6.45) is 7.10. The van der Waals surface area contributed by atoms with Crippen LogP contribution in [0.2, 0.25) is 0 Å². The van der Waals surface area contributed by atoms with Gasteiger partial charge in [-0.2, -0.15) is 0 Å². The molecule has 1 rings (SSSR count). The van der Waals surface area contributed by atoms with Crippen molar-refractivity contribution in [3.05, 3.63) is 23.8 Å². The van der Waals surface area contributed by atoms with Gasteiger partial charge in [0.2, 0.25) is 0 Å². The summed E-state index contributed by atoms with van der Waals surface area (Å²) in [5, 5.41) is 18.7. The van der Waals surface area contributed by atoms with Crippen LogP contribution in [-0.4, -0.2) is 21.8 Å². The van der Waals surface area contributed by atoms with Crippen LogP contribution >= 0.6 is 0 Å². The third-order valence-electron chi connectivity index (χ3n) is 2.41. The summed E-state index contributed by atoms with van der Waals surface area (Å²) in [6, 6.07) is 0. The number of allylic oxidation sites excluding steroid dienone is 3. The summed E-state index contributed by atoms with van der Waals surface area (Å²) < 4.78 is 0. The second-order valence-electron chi connectivity index (χ2n) is 3.18. The van der Waals surface area contributed by atoms with E-state index < -0.39 is 11.6 Å². The first-order valence-electron chi connectivity index (χ1n) is 4.43. The monoisotopic (exact) mass is 182 g/mol. The van der Waals surface area contributed by atoms with E-state index in [9.17, 15) is 9.90 Å². The highest BCUT2D eigenvalue weighted by molar-refractivity contribution is 5.81. The molecule has 1 aliphatic carbocycles. The van der Waals surface area contributed by atoms with Crippen molar-refractivity contribution < 1.29 is 15.0 Å². The predicted octanol–water partition coefficient (Wildman–Crippen LogP) is 1.49. The minimum atomic E-state index is -1.66. The van der Waals surface area contributed by atoms with Gasteiger partial charge in [-0.05, 0) is 24.8 Å². The smallest absolute Gasteiger partial charge is 0.340 e. The molecule has 1 atom stereocenters. The van der Waals surface area contributed by atoms with Crippen LogP contribution in [0, 0.1) is 0 Å². The highest BCUT2D eigenvalue weighted by Gasteiger charge is 2.37. The standard InChI is InChI=1S/C10H14O3/c1-2-10(13,9(11)12)8-6-4-3-5-7-8/h3-4,6,13H,2,5,7H2,1H3,(H,11,12). The van der Waals surface area contributed by atoms with Crippen LogP contribution in [0.1, 0.15) is 26.2 Å². The summed E-state index contributed by atoms with van der Waals surface area (Å²) in [6.45, 7) is 1.67. The lowest BCUT2D eigenvalue weighted by atomic mass is 9.86. The van der Waals surface area contributed by atoms with Gasteiger partial charge in [0.05, 0.1) is 0 Å². The van der Waals surface area contributed by atoms with Crippen molar-refractivity contribution in [1.82, 2.24) is 0 Å². The van der Waals surface area contributed by atoms with Gasteiger partial charge in [0.25, 0.3) is 0 Å². The first kappa shape index (κ1) is 9.99. The number of aliphatic hydroxyl groups is 1. The Labute approximate surface area is 77.4 Å². The minimum absolute atomic E-state index is 0.210. The van der Waals surface area contributed by atoms with Crippen LogP contribution in [0.5, 0.6) is 0 Å². The van der Waals surface area contributed by atoms with Crippen LogP contribution in [0.25, 0.3) is 0 Å². The number of aliphatic carboxylic acids is 1. The fourth-order valence-corrected chi connectivity index (χ4v) is 1.46. The summed E-state index contributed by atoms with van der Waals surface area (Å²) in [5.41, 5.74) is -1.06. The van der Waals surface area contributed by atoms with Crippen molar-refractivity contribution in [3.8, 4) is 0 Å². The minimum Gasteiger partial charge on any atom is -0.479 e. The number of carbonyl (C=O) groups is 1. The molecule has 0 aromatic rings. The van der Waals surface area contributed by atoms with Crippen LogP contribution in [0.15, 0.2) is 23.8 Å². The molecule has 1 unspecified atom stereocenters. The second kappa shape index (κ2) is 3.75. The first-order valence-corrected chi connectivity index (χ1v) is 4.43. The Balaban J connectivity index is 2.94. The van der Waals surface area contributed by atoms with Crippen LogP contribution < -0.4 is 0 Å². The molecule has 0 saturated heterocycles. The summed E-state index contributed by atoms with van der Waals surface area (Å²) >= 11 is 0. The van der Waals surface area contributed by atoms with E-state index in [1.54, 1.807) is 19.1 Å². The molecule has 0 heterocycles. The molecule has 0 aromatic heterocycles. The number of hydrogen-bond acceptors (Lipinski definition) is 2. The van der Waals surface area contributed by atoms with Gasteiger partial charge in [0.15, 0.2) is 5.60 Å². The van der Waals surface area contributed by atoms with E-state index in [2.05, 4.69) is 0 Å². The van der Waals surface area contributed by atoms with Gasteiger partial charge in [-0.15, -0.1) is 0 Å². The second-order valence-corrected chi connectivity index (χ2v) is 3.18. The number of rotatable bonds is 3. The Bertz CT molecular complexity index is 265. The average Bonchev–Trinajstić information content (AvgIpc) is 2.17. The van der Waals surface area contributed by atoms with Crippen molar-refractivity contribution in [3.63, 3.8) is 0 Å². The largest absolute Gasteiger partial charge is 0.479 e. The van der Waals surface area contributed by atoms with Gasteiger partial charge in [0.1, 0.15) is 0 Å². The molecule has 13 heavy (non-hydrogen) atoms. The number of carboxylic acids is 1. The molecular weight excluding hydrogens is 168 g/mol. The van der Waals surface area contributed by atoms with Gasteiger partial charge in [-0.3, -0.25) is 0 Å². The summed E-state index contributed by atoms with van der Waals surface area (Å²) in [5.74, 6) is -1.16. The van der Waals surface area contributed by atoms with Crippen LogP contribution in [0.4, 0.5) is 0 Å². The molecule has 3 nitrogen and oxygen atoms in total. The maximum Gasteiger partial charge on any atom is 0.340 e. The highest BCUT2D eigenvalue weighted by Crippen LogP contribution is 2.27. The molecule has 0 radical (unpaired) electrons. The van der Waals surface area contributed by atoms with Crippen molar-refractivity contribution in [2.75, 3.05) is 0 Å². The molecular formula is C10H14O3. The zero-order valence-corrected chi connectivity index (χ0v) is 7.66. The Hall–Kier alpha value is -1.09. The van der Waals surface area contributed by atoms with E-state index in [0.717, 1.165) is 6.42 Å². The Kier molecular flexibility index (Phi) is 2.88. The number of carboxylic acid groups (broad SMARTS) is 1. The Morgan fingerprint density at radius 3 is 2.77 bits per heavy atom. The summed E-state index contributed by atoms with van der Waals surface area (Å²) in [7, 11) is 0. The van der Waals surface area contributed by atoms with E-state index >= 15 is 0 Å². The maximum absolute atomic E-state index is 10.8. The molecule has 0 amide bonds. The normalized spacial score (nSPS) is 20.6. The molecule has 72 valence electrons. The fourth-order valence-electron chi connectivity index (χ4n) is 1.46. The third-order valence-corrected chi connectivity index (χ3v) is 2.41. The lowest BCUT2D eigenvalue weighted by molar-refractivity contribution is -0.154. The lowest BCUT2D eigenvalue weighted by Gasteiger charge is -2.25. The molecule has 0 aromatic carbocycles. The van der Waals surface area contributed by atoms with Crippen molar-refractivity contribution >= 4 is 5.97 Å². The van der Waals surface area contributed by atoms with Crippen molar-refractivity contribution in [2.45, 2.75) is 31.8 Å². The molecule has 0 saturated carbocycles. The van der Waals surface area contributed by atoms with Gasteiger partial charge >= 0.3 is 5.97 Å². The van der Waals surface area contributed by atoms with Crippen molar-refractivity contribution in [1.29, 1.82) is 0 Å². The molecule has 0 fully saturated rings. The molecule has 3 heteroatoms. The van der Waals surface area contributed by atoms with E-state index in [-0.39, 0.29) is 6.42 Å². The zero-order valence-electron chi connectivity index (χ0n) is 7.66. The quantitative estimate of drug-likeness (QED) is 0.695. The predicted molar refractivity (Wildman–Crippen MR) is 49.3 cm³/mol. The van der Waals surface area contributed by atoms with Crippen LogP contribution in [-0.2, 0) is 4.79 Å². The van der Waals surface area contributed by atoms with Crippen molar-refractivity contribution in [2.24, 2.45) is 0 Å². The summed E-state index contributed by atoms with van der Waals surface area (Å²) in [4.78, 5) is 10.8. The van der Waals surface area contributed by atoms with E-state index in [1.807, 2.05) is 6.08 Å². The van der Waals surface area contributed by atoms with E-state index in [4.69, 9.17) is 5.11 Å². The van der Waals surface area contributed by atoms with Gasteiger partial charge in [0, 0.05) is 0 Å². The molecule has 2 N–H and O–H groups in total.